The van der Waals surface area contributed by atoms with Crippen LogP contribution in [0.5, 0.6) is 0 Å². The second-order valence-corrected chi connectivity index (χ2v) is 7.95. The largest absolute Gasteiger partial charge is 0.295 e. The Balaban J connectivity index is 1.84. The van der Waals surface area contributed by atoms with Crippen LogP contribution in [0.3, 0.4) is 0 Å². The quantitative estimate of drug-likeness (QED) is 0.325. The van der Waals surface area contributed by atoms with E-state index in [1.165, 1.54) is 42.6 Å². The van der Waals surface area contributed by atoms with Gasteiger partial charge in [0.15, 0.2) is 0 Å². The van der Waals surface area contributed by atoms with Crippen LogP contribution in [0.1, 0.15) is 5.56 Å². The molecule has 0 aliphatic carbocycles. The molecule has 0 aliphatic rings. The van der Waals surface area contributed by atoms with Crippen LogP contribution < -0.4 is 10.1 Å². The summed E-state index contributed by atoms with van der Waals surface area (Å²) in [5, 5.41) is 15.8. The summed E-state index contributed by atoms with van der Waals surface area (Å²) in [6.45, 7) is 0. The highest BCUT2D eigenvalue weighted by atomic mass is 35.5. The van der Waals surface area contributed by atoms with Crippen molar-refractivity contribution in [2.75, 3.05) is 10.1 Å². The SMILES string of the molecule is O=[N+]([O-])c1cc(S(=O)(=O)Nc2ccc(Cl)cc2)ccc1N/N=C/c1ccccc1. The zero-order valence-electron chi connectivity index (χ0n) is 14.8. The number of hydrazone groups is 1. The molecule has 0 unspecified atom stereocenters. The normalized spacial score (nSPS) is 11.3. The lowest BCUT2D eigenvalue weighted by atomic mass is 10.2. The Bertz CT molecular complexity index is 1150. The molecule has 148 valence electrons. The van der Waals surface area contributed by atoms with Crippen molar-refractivity contribution in [1.29, 1.82) is 0 Å². The van der Waals surface area contributed by atoms with Crippen molar-refractivity contribution >= 4 is 44.9 Å². The Morgan fingerprint density at radius 1 is 1.00 bits per heavy atom. The summed E-state index contributed by atoms with van der Waals surface area (Å²) in [4.78, 5) is 10.5. The highest BCUT2D eigenvalue weighted by Crippen LogP contribution is 2.28. The molecule has 0 amide bonds. The molecule has 3 rings (SSSR count). The lowest BCUT2D eigenvalue weighted by Gasteiger charge is -2.09. The van der Waals surface area contributed by atoms with Gasteiger partial charge in [0.1, 0.15) is 5.69 Å². The molecule has 10 heteroatoms. The molecule has 0 saturated carbocycles. The molecule has 29 heavy (non-hydrogen) atoms. The Hall–Kier alpha value is -3.43. The van der Waals surface area contributed by atoms with Crippen LogP contribution in [0.15, 0.2) is 82.8 Å². The van der Waals surface area contributed by atoms with Crippen molar-refractivity contribution in [3.63, 3.8) is 0 Å². The molecule has 0 aliphatic heterocycles. The van der Waals surface area contributed by atoms with E-state index < -0.39 is 20.6 Å². The Kier molecular flexibility index (Phi) is 6.10. The molecule has 0 radical (unpaired) electrons. The summed E-state index contributed by atoms with van der Waals surface area (Å²) in [5.74, 6) is 0. The maximum Gasteiger partial charge on any atom is 0.295 e. The van der Waals surface area contributed by atoms with E-state index in [-0.39, 0.29) is 16.3 Å². The minimum absolute atomic E-state index is 0.0626. The molecule has 0 heterocycles. The first-order valence-corrected chi connectivity index (χ1v) is 10.1. The molecule has 8 nitrogen and oxygen atoms in total. The summed E-state index contributed by atoms with van der Waals surface area (Å²) in [7, 11) is -4.03. The first kappa shape index (κ1) is 20.3. The van der Waals surface area contributed by atoms with E-state index >= 15 is 0 Å². The van der Waals surface area contributed by atoms with Crippen molar-refractivity contribution in [3.05, 3.63) is 93.5 Å². The molecule has 0 fully saturated rings. The topological polar surface area (TPSA) is 114 Å². The van der Waals surface area contributed by atoms with Gasteiger partial charge < -0.3 is 0 Å². The van der Waals surface area contributed by atoms with Crippen molar-refractivity contribution in [3.8, 4) is 0 Å². The number of nitrogens with zero attached hydrogens (tertiary/aromatic N) is 2. The first-order chi connectivity index (χ1) is 13.8. The van der Waals surface area contributed by atoms with Crippen molar-refractivity contribution in [1.82, 2.24) is 0 Å². The minimum atomic E-state index is -4.03. The van der Waals surface area contributed by atoms with E-state index in [0.29, 0.717) is 5.02 Å². The van der Waals surface area contributed by atoms with Crippen LogP contribution in [-0.2, 0) is 10.0 Å². The number of sulfonamides is 1. The van der Waals surface area contributed by atoms with Gasteiger partial charge in [0.25, 0.3) is 15.7 Å². The number of nitro groups is 1. The molecule has 0 aromatic heterocycles. The number of benzene rings is 3. The number of anilines is 2. The third kappa shape index (κ3) is 5.31. The van der Waals surface area contributed by atoms with Gasteiger partial charge in [-0.05, 0) is 42.0 Å². The molecule has 2 N–H and O–H groups in total. The number of rotatable bonds is 7. The van der Waals surface area contributed by atoms with Crippen LogP contribution in [-0.4, -0.2) is 19.6 Å². The number of hydrogen-bond acceptors (Lipinski definition) is 6. The average Bonchev–Trinajstić information content (AvgIpc) is 2.70. The second kappa shape index (κ2) is 8.72. The summed E-state index contributed by atoms with van der Waals surface area (Å²) >= 11 is 5.78. The molecular weight excluding hydrogens is 416 g/mol. The van der Waals surface area contributed by atoms with E-state index in [1.54, 1.807) is 0 Å². The standard InChI is InChI=1S/C19H15ClN4O4S/c20-15-6-8-16(9-7-15)23-29(27,28)17-10-11-18(19(12-17)24(25)26)22-21-13-14-4-2-1-3-5-14/h1-13,22-23H/b21-13+. The van der Waals surface area contributed by atoms with E-state index in [4.69, 9.17) is 11.6 Å². The monoisotopic (exact) mass is 430 g/mol. The maximum absolute atomic E-state index is 12.6. The fraction of sp³-hybridized carbons (Fsp3) is 0. The molecule has 0 atom stereocenters. The average molecular weight is 431 g/mol. The summed E-state index contributed by atoms with van der Waals surface area (Å²) < 4.78 is 27.5. The van der Waals surface area contributed by atoms with Crippen molar-refractivity contribution in [2.45, 2.75) is 4.90 Å². The molecule has 3 aromatic carbocycles. The van der Waals surface area contributed by atoms with Gasteiger partial charge in [-0.3, -0.25) is 20.3 Å². The van der Waals surface area contributed by atoms with E-state index in [1.807, 2.05) is 30.3 Å². The number of nitrogens with one attached hydrogen (secondary N) is 2. The Labute approximate surface area is 172 Å². The lowest BCUT2D eigenvalue weighted by molar-refractivity contribution is -0.384. The van der Waals surface area contributed by atoms with E-state index in [0.717, 1.165) is 11.6 Å². The van der Waals surface area contributed by atoms with Crippen molar-refractivity contribution < 1.29 is 13.3 Å². The third-order valence-corrected chi connectivity index (χ3v) is 5.40. The smallest absolute Gasteiger partial charge is 0.280 e. The van der Waals surface area contributed by atoms with Gasteiger partial charge in [-0.2, -0.15) is 5.10 Å². The van der Waals surface area contributed by atoms with Crippen LogP contribution in [0, 0.1) is 10.1 Å². The van der Waals surface area contributed by atoms with Crippen LogP contribution in [0.4, 0.5) is 17.1 Å². The van der Waals surface area contributed by atoms with Gasteiger partial charge in [0, 0.05) is 16.8 Å². The number of nitro benzene ring substituents is 1. The molecule has 0 spiro atoms. The predicted octanol–water partition coefficient (Wildman–Crippen LogP) is 4.50. The molecule has 0 saturated heterocycles. The van der Waals surface area contributed by atoms with E-state index in [2.05, 4.69) is 15.2 Å². The highest BCUT2D eigenvalue weighted by molar-refractivity contribution is 7.92. The predicted molar refractivity (Wildman–Crippen MR) is 113 cm³/mol. The zero-order valence-corrected chi connectivity index (χ0v) is 16.4. The fourth-order valence-electron chi connectivity index (χ4n) is 2.37. The molecule has 3 aromatic rings. The highest BCUT2D eigenvalue weighted by Gasteiger charge is 2.21. The van der Waals surface area contributed by atoms with Gasteiger partial charge in [-0.15, -0.1) is 0 Å². The van der Waals surface area contributed by atoms with Crippen LogP contribution in [0.25, 0.3) is 0 Å². The van der Waals surface area contributed by atoms with Gasteiger partial charge in [0.2, 0.25) is 0 Å². The van der Waals surface area contributed by atoms with Gasteiger partial charge in [-0.1, -0.05) is 41.9 Å². The summed E-state index contributed by atoms with van der Waals surface area (Å²) in [6, 6.07) is 18.7. The first-order valence-electron chi connectivity index (χ1n) is 8.26. The van der Waals surface area contributed by atoms with Gasteiger partial charge >= 0.3 is 0 Å². The van der Waals surface area contributed by atoms with Crippen LogP contribution in [0.2, 0.25) is 5.02 Å². The number of hydrogen-bond donors (Lipinski definition) is 2. The van der Waals surface area contributed by atoms with Crippen molar-refractivity contribution in [2.24, 2.45) is 5.10 Å². The lowest BCUT2D eigenvalue weighted by Crippen LogP contribution is -2.13. The summed E-state index contributed by atoms with van der Waals surface area (Å²) in [5.41, 5.74) is 3.30. The van der Waals surface area contributed by atoms with E-state index in [9.17, 15) is 18.5 Å². The molecule has 0 bridgehead atoms. The third-order valence-electron chi connectivity index (χ3n) is 3.77. The Morgan fingerprint density at radius 3 is 2.34 bits per heavy atom. The minimum Gasteiger partial charge on any atom is -0.280 e. The summed E-state index contributed by atoms with van der Waals surface area (Å²) in [6.07, 6.45) is 1.50. The fourth-order valence-corrected chi connectivity index (χ4v) is 3.58. The van der Waals surface area contributed by atoms with Gasteiger partial charge in [-0.25, -0.2) is 8.42 Å². The van der Waals surface area contributed by atoms with Gasteiger partial charge in [0.05, 0.1) is 16.0 Å². The Morgan fingerprint density at radius 2 is 1.69 bits per heavy atom. The maximum atomic E-state index is 12.6. The number of halogens is 1. The van der Waals surface area contributed by atoms with Crippen LogP contribution >= 0.6 is 11.6 Å². The zero-order chi connectivity index (χ0) is 20.9. The molecular formula is C19H15ClN4O4S. The second-order valence-electron chi connectivity index (χ2n) is 5.83.